The minimum atomic E-state index is 0.0863. The van der Waals surface area contributed by atoms with Gasteiger partial charge in [0, 0.05) is 18.4 Å². The van der Waals surface area contributed by atoms with Crippen molar-refractivity contribution in [2.24, 2.45) is 0 Å². The maximum absolute atomic E-state index is 11.6. The molecule has 0 heterocycles. The van der Waals surface area contributed by atoms with Crippen LogP contribution >= 0.6 is 0 Å². The van der Waals surface area contributed by atoms with E-state index in [1.165, 1.54) is 5.56 Å². The molecule has 1 fully saturated rings. The lowest BCUT2D eigenvalue weighted by atomic mass is 9.95. The van der Waals surface area contributed by atoms with Crippen LogP contribution < -0.4 is 14.8 Å². The summed E-state index contributed by atoms with van der Waals surface area (Å²) in [5.74, 6) is 1.62. The molecule has 0 aromatic heterocycles. The van der Waals surface area contributed by atoms with Crippen LogP contribution in [0.4, 0.5) is 0 Å². The quantitative estimate of drug-likeness (QED) is 0.833. The molecule has 1 saturated carbocycles. The fourth-order valence-electron chi connectivity index (χ4n) is 2.47. The summed E-state index contributed by atoms with van der Waals surface area (Å²) in [7, 11) is 3.28. The molecule has 0 saturated heterocycles. The van der Waals surface area contributed by atoms with Gasteiger partial charge < -0.3 is 14.8 Å². The van der Waals surface area contributed by atoms with E-state index in [9.17, 15) is 4.79 Å². The van der Waals surface area contributed by atoms with Gasteiger partial charge in [-0.15, -0.1) is 0 Å². The fourth-order valence-corrected chi connectivity index (χ4v) is 2.47. The number of hydrogen-bond donors (Lipinski definition) is 1. The van der Waals surface area contributed by atoms with Gasteiger partial charge >= 0.3 is 0 Å². The fraction of sp³-hybridized carbons (Fsp3) is 0.562. The summed E-state index contributed by atoms with van der Waals surface area (Å²) in [6.07, 6.45) is 3.70. The Labute approximate surface area is 120 Å². The number of benzene rings is 1. The normalized spacial score (nSPS) is 15.6. The highest BCUT2D eigenvalue weighted by Gasteiger charge is 2.44. The average Bonchev–Trinajstić information content (AvgIpc) is 3.26. The molecule has 2 rings (SSSR count). The van der Waals surface area contributed by atoms with Crippen molar-refractivity contribution >= 4 is 5.91 Å². The molecule has 0 radical (unpaired) electrons. The number of carbonyl (C=O) groups is 1. The zero-order valence-corrected chi connectivity index (χ0v) is 12.5. The minimum absolute atomic E-state index is 0.0863. The highest BCUT2D eigenvalue weighted by Crippen LogP contribution is 2.49. The van der Waals surface area contributed by atoms with Crippen molar-refractivity contribution in [2.75, 3.05) is 20.8 Å². The molecule has 0 unspecified atom stereocenters. The van der Waals surface area contributed by atoms with Crippen LogP contribution in [0.2, 0.25) is 0 Å². The highest BCUT2D eigenvalue weighted by molar-refractivity contribution is 5.76. The first-order valence-corrected chi connectivity index (χ1v) is 7.14. The Kier molecular flexibility index (Phi) is 4.53. The molecule has 1 N–H and O–H groups in total. The molecular weight excluding hydrogens is 254 g/mol. The monoisotopic (exact) mass is 277 g/mol. The van der Waals surface area contributed by atoms with Gasteiger partial charge in [-0.25, -0.2) is 0 Å². The Morgan fingerprint density at radius 1 is 1.25 bits per heavy atom. The lowest BCUT2D eigenvalue weighted by Crippen LogP contribution is -2.32. The first kappa shape index (κ1) is 14.7. The van der Waals surface area contributed by atoms with Crippen LogP contribution in [-0.4, -0.2) is 26.7 Å². The largest absolute Gasteiger partial charge is 0.493 e. The molecule has 4 heteroatoms. The number of ether oxygens (including phenoxy) is 2. The van der Waals surface area contributed by atoms with E-state index in [2.05, 4.69) is 11.4 Å². The Morgan fingerprint density at radius 3 is 2.50 bits per heavy atom. The summed E-state index contributed by atoms with van der Waals surface area (Å²) in [6, 6.07) is 6.03. The first-order chi connectivity index (χ1) is 9.65. The lowest BCUT2D eigenvalue weighted by molar-refractivity contribution is -0.121. The average molecular weight is 277 g/mol. The van der Waals surface area contributed by atoms with E-state index < -0.39 is 0 Å². The summed E-state index contributed by atoms with van der Waals surface area (Å²) in [4.78, 5) is 11.6. The maximum atomic E-state index is 11.6. The van der Waals surface area contributed by atoms with E-state index in [1.807, 2.05) is 19.1 Å². The zero-order chi connectivity index (χ0) is 14.6. The predicted octanol–water partition coefficient (Wildman–Crippen LogP) is 2.65. The second kappa shape index (κ2) is 6.16. The molecule has 0 bridgehead atoms. The summed E-state index contributed by atoms with van der Waals surface area (Å²) in [5, 5.41) is 3.04. The van der Waals surface area contributed by atoms with Crippen molar-refractivity contribution in [2.45, 2.75) is 38.0 Å². The number of hydrogen-bond acceptors (Lipinski definition) is 3. The van der Waals surface area contributed by atoms with Gasteiger partial charge in [0.25, 0.3) is 0 Å². The van der Waals surface area contributed by atoms with Gasteiger partial charge in [-0.1, -0.05) is 13.0 Å². The van der Waals surface area contributed by atoms with Crippen LogP contribution in [0.25, 0.3) is 0 Å². The molecule has 0 atom stereocenters. The van der Waals surface area contributed by atoms with Crippen molar-refractivity contribution in [1.29, 1.82) is 0 Å². The molecule has 110 valence electrons. The van der Waals surface area contributed by atoms with Gasteiger partial charge in [-0.05, 0) is 37.0 Å². The third-order valence-electron chi connectivity index (χ3n) is 3.95. The third kappa shape index (κ3) is 3.06. The first-order valence-electron chi connectivity index (χ1n) is 7.14. The smallest absolute Gasteiger partial charge is 0.220 e. The Hall–Kier alpha value is -1.71. The van der Waals surface area contributed by atoms with Crippen LogP contribution in [0, 0.1) is 0 Å². The van der Waals surface area contributed by atoms with Gasteiger partial charge in [-0.2, -0.15) is 0 Å². The van der Waals surface area contributed by atoms with E-state index in [4.69, 9.17) is 9.47 Å². The number of carbonyl (C=O) groups excluding carboxylic acids is 1. The molecule has 1 amide bonds. The number of amides is 1. The molecule has 1 aliphatic rings. The topological polar surface area (TPSA) is 47.6 Å². The molecule has 0 spiro atoms. The van der Waals surface area contributed by atoms with Crippen LogP contribution in [0.1, 0.15) is 38.2 Å². The Bertz CT molecular complexity index is 481. The highest BCUT2D eigenvalue weighted by atomic mass is 16.5. The Morgan fingerprint density at radius 2 is 1.95 bits per heavy atom. The summed E-state index contributed by atoms with van der Waals surface area (Å²) in [6.45, 7) is 2.72. The van der Waals surface area contributed by atoms with Crippen molar-refractivity contribution in [3.8, 4) is 11.5 Å². The SMILES string of the molecule is CCCC(=O)NCC1(c2ccc(OC)c(OC)c2)CC1. The van der Waals surface area contributed by atoms with Crippen molar-refractivity contribution in [1.82, 2.24) is 5.32 Å². The van der Waals surface area contributed by atoms with Gasteiger partial charge in [-0.3, -0.25) is 4.79 Å². The van der Waals surface area contributed by atoms with Crippen LogP contribution in [-0.2, 0) is 10.2 Å². The number of methoxy groups -OCH3 is 2. The van der Waals surface area contributed by atoms with Gasteiger partial charge in [0.15, 0.2) is 11.5 Å². The second-order valence-electron chi connectivity index (χ2n) is 5.38. The molecule has 1 aliphatic carbocycles. The van der Waals surface area contributed by atoms with E-state index in [0.717, 1.165) is 30.8 Å². The van der Waals surface area contributed by atoms with Gasteiger partial charge in [0.1, 0.15) is 0 Å². The molecular formula is C16H23NO3. The van der Waals surface area contributed by atoms with Crippen molar-refractivity contribution < 1.29 is 14.3 Å². The molecule has 0 aliphatic heterocycles. The van der Waals surface area contributed by atoms with Gasteiger partial charge in [0.05, 0.1) is 14.2 Å². The number of rotatable bonds is 7. The van der Waals surface area contributed by atoms with E-state index in [-0.39, 0.29) is 11.3 Å². The summed E-state index contributed by atoms with van der Waals surface area (Å²) >= 11 is 0. The lowest BCUT2D eigenvalue weighted by Gasteiger charge is -2.18. The van der Waals surface area contributed by atoms with Crippen LogP contribution in [0.5, 0.6) is 11.5 Å². The van der Waals surface area contributed by atoms with E-state index in [0.29, 0.717) is 13.0 Å². The molecule has 1 aromatic rings. The molecule has 4 nitrogen and oxygen atoms in total. The summed E-state index contributed by atoms with van der Waals surface area (Å²) in [5.41, 5.74) is 1.30. The second-order valence-corrected chi connectivity index (χ2v) is 5.38. The van der Waals surface area contributed by atoms with E-state index in [1.54, 1.807) is 14.2 Å². The molecule has 1 aromatic carbocycles. The van der Waals surface area contributed by atoms with Gasteiger partial charge in [0.2, 0.25) is 5.91 Å². The maximum Gasteiger partial charge on any atom is 0.220 e. The Balaban J connectivity index is 2.08. The van der Waals surface area contributed by atoms with Crippen molar-refractivity contribution in [3.63, 3.8) is 0 Å². The summed E-state index contributed by atoms with van der Waals surface area (Å²) < 4.78 is 10.6. The van der Waals surface area contributed by atoms with Crippen LogP contribution in [0.3, 0.4) is 0 Å². The van der Waals surface area contributed by atoms with Crippen LogP contribution in [0.15, 0.2) is 18.2 Å². The molecule has 20 heavy (non-hydrogen) atoms. The minimum Gasteiger partial charge on any atom is -0.493 e. The predicted molar refractivity (Wildman–Crippen MR) is 78.4 cm³/mol. The standard InChI is InChI=1S/C16H23NO3/c1-4-5-15(18)17-11-16(8-9-16)12-6-7-13(19-2)14(10-12)20-3/h6-7,10H,4-5,8-9,11H2,1-3H3,(H,17,18). The zero-order valence-electron chi connectivity index (χ0n) is 12.5. The van der Waals surface area contributed by atoms with Crippen molar-refractivity contribution in [3.05, 3.63) is 23.8 Å². The van der Waals surface area contributed by atoms with E-state index >= 15 is 0 Å². The third-order valence-corrected chi connectivity index (χ3v) is 3.95. The number of nitrogens with one attached hydrogen (secondary N) is 1.